The number of carbonyl (C=O) groups is 4. The van der Waals surface area contributed by atoms with Crippen molar-refractivity contribution < 1.29 is 38.5 Å². The van der Waals surface area contributed by atoms with E-state index in [0.29, 0.717) is 44.4 Å². The molecule has 316 valence electrons. The molecule has 0 fully saturated rings. The molecule has 0 aromatic heterocycles. The number of rotatable bonds is 12. The van der Waals surface area contributed by atoms with Gasteiger partial charge in [-0.1, -0.05) is 72.8 Å². The Balaban J connectivity index is 1.05. The zero-order valence-electron chi connectivity index (χ0n) is 33.6. The van der Waals surface area contributed by atoms with Gasteiger partial charge in [-0.2, -0.15) is 10.2 Å². The molecule has 2 aliphatic rings. The van der Waals surface area contributed by atoms with E-state index in [9.17, 15) is 39.4 Å². The predicted octanol–water partition coefficient (Wildman–Crippen LogP) is 7.52. The molecule has 0 saturated carbocycles. The van der Waals surface area contributed by atoms with Crippen LogP contribution in [0.4, 0.5) is 34.1 Å². The maximum absolute atomic E-state index is 14.0. The number of Topliss-reactive ketones (excluding diaryl/α,β-unsaturated/α-hetero) is 2. The molecule has 0 saturated heterocycles. The maximum atomic E-state index is 14.0. The number of ketones is 2. The number of carbonyl (C=O) groups excluding carboxylic acids is 4. The van der Waals surface area contributed by atoms with Crippen LogP contribution in [0.2, 0.25) is 0 Å². The van der Waals surface area contributed by atoms with E-state index in [2.05, 4.69) is 31.7 Å². The fourth-order valence-corrected chi connectivity index (χ4v) is 7.09. The molecular weight excluding hydrogens is 825 g/mol. The van der Waals surface area contributed by atoms with Crippen molar-refractivity contribution in [2.24, 2.45) is 10.2 Å². The Morgan fingerprint density at radius 2 is 0.938 bits per heavy atom. The highest BCUT2D eigenvalue weighted by Gasteiger charge is 2.32. The van der Waals surface area contributed by atoms with Crippen LogP contribution in [0.3, 0.4) is 0 Å². The van der Waals surface area contributed by atoms with Crippen LogP contribution in [0, 0.1) is 20.2 Å². The summed E-state index contributed by atoms with van der Waals surface area (Å²) in [5.74, 6) is -2.67. The van der Waals surface area contributed by atoms with Crippen molar-refractivity contribution in [3.8, 4) is 11.5 Å². The minimum Gasteiger partial charge on any atom is -0.494 e. The number of nitrogens with one attached hydrogen (secondary N) is 4. The van der Waals surface area contributed by atoms with E-state index in [0.717, 1.165) is 0 Å². The van der Waals surface area contributed by atoms with Gasteiger partial charge in [0.15, 0.2) is 11.5 Å². The molecule has 0 bridgehead atoms. The number of methoxy groups -OCH3 is 2. The fraction of sp³-hybridized carbons (Fsp3) is 0.0435. The SMILES string of the molecule is COc1cc([N+](=O)[O-])ccc1N/N=C1\C(=O)C(C(=O)Nc2cccc3c(NC(=O)C4=Cc5ccccc5/C(=N\Nc5ccc([N+](=O)[O-])cc5OC)C4=O)cccc23)=Cc2ccccc21. The van der Waals surface area contributed by atoms with Gasteiger partial charge >= 0.3 is 0 Å². The van der Waals surface area contributed by atoms with Gasteiger partial charge in [0.2, 0.25) is 11.6 Å². The Morgan fingerprint density at radius 3 is 1.33 bits per heavy atom. The third-order valence-corrected chi connectivity index (χ3v) is 10.2. The van der Waals surface area contributed by atoms with Crippen LogP contribution in [0.25, 0.3) is 22.9 Å². The number of ether oxygens (including phenoxy) is 2. The van der Waals surface area contributed by atoms with Crippen LogP contribution in [-0.4, -0.2) is 58.9 Å². The van der Waals surface area contributed by atoms with Crippen molar-refractivity contribution in [3.05, 3.63) is 175 Å². The van der Waals surface area contributed by atoms with E-state index in [4.69, 9.17) is 9.47 Å². The highest BCUT2D eigenvalue weighted by atomic mass is 16.6. The molecule has 4 N–H and O–H groups in total. The number of anilines is 4. The number of hydrogen-bond donors (Lipinski definition) is 4. The fourth-order valence-electron chi connectivity index (χ4n) is 7.09. The summed E-state index contributed by atoms with van der Waals surface area (Å²) in [7, 11) is 2.66. The second-order valence-electron chi connectivity index (χ2n) is 14.0. The largest absolute Gasteiger partial charge is 0.494 e. The van der Waals surface area contributed by atoms with Gasteiger partial charge < -0.3 is 20.1 Å². The number of hydrogen-bond acceptors (Lipinski definition) is 14. The van der Waals surface area contributed by atoms with E-state index in [1.165, 1.54) is 62.8 Å². The first kappa shape index (κ1) is 41.4. The van der Waals surface area contributed by atoms with Gasteiger partial charge in [-0.25, -0.2) is 0 Å². The van der Waals surface area contributed by atoms with E-state index < -0.39 is 33.2 Å². The summed E-state index contributed by atoms with van der Waals surface area (Å²) in [4.78, 5) is 77.4. The van der Waals surface area contributed by atoms with Crippen LogP contribution in [0.5, 0.6) is 11.5 Å². The number of nitro benzene ring substituents is 2. The first-order chi connectivity index (χ1) is 30.9. The van der Waals surface area contributed by atoms with Crippen molar-refractivity contribution in [1.29, 1.82) is 0 Å². The predicted molar refractivity (Wildman–Crippen MR) is 240 cm³/mol. The Labute approximate surface area is 361 Å². The van der Waals surface area contributed by atoms with Crippen molar-refractivity contribution in [2.75, 3.05) is 35.7 Å². The summed E-state index contributed by atoms with van der Waals surface area (Å²) < 4.78 is 10.6. The summed E-state index contributed by atoms with van der Waals surface area (Å²) in [6.45, 7) is 0. The van der Waals surface area contributed by atoms with Crippen LogP contribution < -0.4 is 31.0 Å². The van der Waals surface area contributed by atoms with Crippen molar-refractivity contribution >= 4 is 91.9 Å². The third kappa shape index (κ3) is 7.99. The molecule has 0 unspecified atom stereocenters. The highest BCUT2D eigenvalue weighted by molar-refractivity contribution is 6.60. The van der Waals surface area contributed by atoms with Crippen molar-refractivity contribution in [3.63, 3.8) is 0 Å². The molecule has 64 heavy (non-hydrogen) atoms. The van der Waals surface area contributed by atoms with Gasteiger partial charge in [0, 0.05) is 45.4 Å². The lowest BCUT2D eigenvalue weighted by Crippen LogP contribution is -2.30. The van der Waals surface area contributed by atoms with Gasteiger partial charge in [0.05, 0.1) is 58.7 Å². The van der Waals surface area contributed by atoms with Crippen LogP contribution in [-0.2, 0) is 19.2 Å². The number of hydrazone groups is 2. The quantitative estimate of drug-likeness (QED) is 0.0530. The first-order valence-electron chi connectivity index (χ1n) is 19.1. The first-order valence-corrected chi connectivity index (χ1v) is 19.1. The Bertz CT molecular complexity index is 2930. The second-order valence-corrected chi connectivity index (χ2v) is 14.0. The van der Waals surface area contributed by atoms with E-state index in [1.54, 1.807) is 84.9 Å². The number of benzene rings is 6. The van der Waals surface area contributed by atoms with Crippen LogP contribution in [0.1, 0.15) is 22.3 Å². The Kier molecular flexibility index (Phi) is 11.2. The Hall–Kier alpha value is -9.32. The molecule has 6 aromatic carbocycles. The lowest BCUT2D eigenvalue weighted by atomic mass is 9.89. The molecule has 0 spiro atoms. The minimum atomic E-state index is -0.745. The molecule has 8 rings (SSSR count). The highest BCUT2D eigenvalue weighted by Crippen LogP contribution is 2.34. The number of non-ortho nitro benzene ring substituents is 2. The topological polar surface area (TPSA) is 246 Å². The monoisotopic (exact) mass is 856 g/mol. The molecule has 0 radical (unpaired) electrons. The second kappa shape index (κ2) is 17.3. The molecule has 2 amide bonds. The van der Waals surface area contributed by atoms with E-state index >= 15 is 0 Å². The molecule has 18 nitrogen and oxygen atoms in total. The smallest absolute Gasteiger partial charge is 0.273 e. The molecule has 18 heteroatoms. The van der Waals surface area contributed by atoms with Crippen molar-refractivity contribution in [2.45, 2.75) is 0 Å². The molecule has 0 aliphatic heterocycles. The molecule has 0 atom stereocenters. The van der Waals surface area contributed by atoms with Gasteiger partial charge in [-0.15, -0.1) is 0 Å². The van der Waals surface area contributed by atoms with Gasteiger partial charge in [-0.05, 0) is 47.5 Å². The van der Waals surface area contributed by atoms with E-state index in [-0.39, 0.29) is 56.8 Å². The number of amides is 2. The van der Waals surface area contributed by atoms with Gasteiger partial charge in [0.1, 0.15) is 11.4 Å². The number of fused-ring (bicyclic) bond motifs is 3. The number of nitrogens with zero attached hydrogens (tertiary/aromatic N) is 4. The van der Waals surface area contributed by atoms with Crippen LogP contribution >= 0.6 is 0 Å². The zero-order chi connectivity index (χ0) is 45.1. The molecule has 6 aromatic rings. The third-order valence-electron chi connectivity index (χ3n) is 10.2. The molecule has 0 heterocycles. The summed E-state index contributed by atoms with van der Waals surface area (Å²) >= 11 is 0. The summed E-state index contributed by atoms with van der Waals surface area (Å²) in [5, 5.41) is 37.9. The normalized spacial score (nSPS) is 14.2. The average Bonchev–Trinajstić information content (AvgIpc) is 3.30. The summed E-state index contributed by atoms with van der Waals surface area (Å²) in [6.07, 6.45) is 2.91. The van der Waals surface area contributed by atoms with Gasteiger partial charge in [0.25, 0.3) is 23.2 Å². The average molecular weight is 857 g/mol. The molecular formula is C46H32N8O10. The Morgan fingerprint density at radius 1 is 0.531 bits per heavy atom. The molecule has 2 aliphatic carbocycles. The minimum absolute atomic E-state index is 0.0872. The van der Waals surface area contributed by atoms with Crippen LogP contribution in [0.15, 0.2) is 143 Å². The lowest BCUT2D eigenvalue weighted by Gasteiger charge is -2.19. The van der Waals surface area contributed by atoms with Gasteiger partial charge in [-0.3, -0.25) is 50.3 Å². The van der Waals surface area contributed by atoms with E-state index in [1.807, 2.05) is 0 Å². The number of nitro groups is 2. The standard InChI is InChI=1S/C46H32N8O10/c1-63-39-23-27(53(59)60)17-19-37(39)49-51-41-29-11-5-3-9-25(29)21-33(43(41)55)45(57)47-35-15-7-14-32-31(35)13-8-16-36(32)48-46(58)34-22-26-10-4-6-12-30(26)42(44(34)56)52-50-38-20-18-28(54(61)62)24-40(38)64-2/h3-24,49-50H,1-2H3,(H,47,57)(H,48,58)/b51-41-,52-42+. The zero-order valence-corrected chi connectivity index (χ0v) is 33.6. The lowest BCUT2D eigenvalue weighted by molar-refractivity contribution is -0.385. The summed E-state index contributed by atoms with van der Waals surface area (Å²) in [5.41, 5.74) is 7.52. The maximum Gasteiger partial charge on any atom is 0.273 e. The summed E-state index contributed by atoms with van der Waals surface area (Å²) in [6, 6.07) is 31.4. The van der Waals surface area contributed by atoms with Crippen molar-refractivity contribution in [1.82, 2.24) is 0 Å².